The summed E-state index contributed by atoms with van der Waals surface area (Å²) in [4.78, 5) is 29.8. The van der Waals surface area contributed by atoms with Crippen LogP contribution in [-0.4, -0.2) is 30.8 Å². The lowest BCUT2D eigenvalue weighted by Crippen LogP contribution is -2.23. The largest absolute Gasteiger partial charge is 0.388 e. The highest BCUT2D eigenvalue weighted by atomic mass is 16.3. The number of aromatic amines is 1. The fraction of sp³-hybridized carbons (Fsp3) is 0.100. The Kier molecular flexibility index (Phi) is 4.46. The van der Waals surface area contributed by atoms with Crippen molar-refractivity contribution in [2.75, 3.05) is 0 Å². The zero-order valence-electron chi connectivity index (χ0n) is 15.0. The number of para-hydroxylation sites is 2. The first-order chi connectivity index (χ1) is 13.6. The van der Waals surface area contributed by atoms with Gasteiger partial charge in [-0.3, -0.25) is 14.7 Å². The molecule has 140 valence electrons. The van der Waals surface area contributed by atoms with Crippen molar-refractivity contribution >= 4 is 17.1 Å². The van der Waals surface area contributed by atoms with E-state index in [1.54, 1.807) is 43.3 Å². The Labute approximate surface area is 159 Å². The van der Waals surface area contributed by atoms with Gasteiger partial charge in [0.1, 0.15) is 6.61 Å². The Balaban J connectivity index is 1.83. The lowest BCUT2D eigenvalue weighted by Gasteiger charge is -2.06. The van der Waals surface area contributed by atoms with Gasteiger partial charge in [0.2, 0.25) is 0 Å². The molecule has 2 heterocycles. The monoisotopic (exact) mass is 375 g/mol. The molecular weight excluding hydrogens is 358 g/mol. The van der Waals surface area contributed by atoms with E-state index in [1.165, 1.54) is 10.9 Å². The van der Waals surface area contributed by atoms with Crippen molar-refractivity contribution in [1.82, 2.24) is 19.4 Å². The van der Waals surface area contributed by atoms with Crippen LogP contribution in [-0.2, 0) is 6.61 Å². The minimum Gasteiger partial charge on any atom is -0.388 e. The highest BCUT2D eigenvalue weighted by Gasteiger charge is 2.12. The van der Waals surface area contributed by atoms with Gasteiger partial charge in [-0.25, -0.2) is 9.67 Å². The smallest absolute Gasteiger partial charge is 0.282 e. The van der Waals surface area contributed by atoms with Gasteiger partial charge in [0.05, 0.1) is 28.4 Å². The summed E-state index contributed by atoms with van der Waals surface area (Å²) < 4.78 is 2.42. The van der Waals surface area contributed by atoms with Gasteiger partial charge < -0.3 is 5.11 Å². The van der Waals surface area contributed by atoms with Crippen LogP contribution >= 0.6 is 0 Å². The summed E-state index contributed by atoms with van der Waals surface area (Å²) in [6.45, 7) is 1.29. The summed E-state index contributed by atoms with van der Waals surface area (Å²) in [5, 5.41) is 17.1. The van der Waals surface area contributed by atoms with E-state index >= 15 is 0 Å². The van der Waals surface area contributed by atoms with E-state index < -0.39 is 12.2 Å². The van der Waals surface area contributed by atoms with Crippen molar-refractivity contribution in [3.05, 3.63) is 92.4 Å². The summed E-state index contributed by atoms with van der Waals surface area (Å²) in [6.07, 6.45) is 1.31. The van der Waals surface area contributed by atoms with Gasteiger partial charge in [-0.05, 0) is 31.2 Å². The highest BCUT2D eigenvalue weighted by Crippen LogP contribution is 2.09. The molecule has 0 spiro atoms. The average molecular weight is 375 g/mol. The van der Waals surface area contributed by atoms with Crippen molar-refractivity contribution in [2.24, 2.45) is 5.10 Å². The van der Waals surface area contributed by atoms with Crippen LogP contribution in [0.15, 0.2) is 69.3 Å². The molecule has 2 aromatic heterocycles. The van der Waals surface area contributed by atoms with Gasteiger partial charge in [-0.15, -0.1) is 0 Å². The Morgan fingerprint density at radius 3 is 2.54 bits per heavy atom. The summed E-state index contributed by atoms with van der Waals surface area (Å²) in [6, 6.07) is 16.0. The SMILES string of the molecule is Cc1[nH]n(-c2ccccc2)c(=O)c1/C=N/n1c(CO)nc2ccccc2c1=O. The number of nitrogens with zero attached hydrogens (tertiary/aromatic N) is 4. The summed E-state index contributed by atoms with van der Waals surface area (Å²) in [5.74, 6) is 0.0940. The molecule has 28 heavy (non-hydrogen) atoms. The Morgan fingerprint density at radius 1 is 1.07 bits per heavy atom. The van der Waals surface area contributed by atoms with Crippen LogP contribution in [0.1, 0.15) is 17.1 Å². The van der Waals surface area contributed by atoms with Crippen LogP contribution < -0.4 is 11.1 Å². The number of benzene rings is 2. The third kappa shape index (κ3) is 2.95. The number of fused-ring (bicyclic) bond motifs is 1. The maximum absolute atomic E-state index is 12.8. The first-order valence-electron chi connectivity index (χ1n) is 8.63. The second-order valence-electron chi connectivity index (χ2n) is 6.19. The number of aryl methyl sites for hydroxylation is 1. The topological polar surface area (TPSA) is 105 Å². The maximum Gasteiger partial charge on any atom is 0.282 e. The number of rotatable bonds is 4. The number of aromatic nitrogens is 4. The first-order valence-corrected chi connectivity index (χ1v) is 8.63. The van der Waals surface area contributed by atoms with Crippen LogP contribution in [0.25, 0.3) is 16.6 Å². The fourth-order valence-corrected chi connectivity index (χ4v) is 2.98. The van der Waals surface area contributed by atoms with Gasteiger partial charge in [0.25, 0.3) is 11.1 Å². The zero-order valence-corrected chi connectivity index (χ0v) is 15.0. The molecule has 0 aliphatic rings. The standard InChI is InChI=1S/C20H17N5O3/c1-13-16(20(28)24(23-13)14-7-3-2-4-8-14)11-21-25-18(12-26)22-17-10-6-5-9-15(17)19(25)27/h2-11,23,26H,12H2,1H3/b21-11+. The molecule has 0 saturated heterocycles. The van der Waals surface area contributed by atoms with Crippen molar-refractivity contribution in [3.63, 3.8) is 0 Å². The first kappa shape index (κ1) is 17.6. The van der Waals surface area contributed by atoms with Crippen LogP contribution in [0.3, 0.4) is 0 Å². The average Bonchev–Trinajstić information content (AvgIpc) is 3.01. The normalized spacial score (nSPS) is 11.5. The fourth-order valence-electron chi connectivity index (χ4n) is 2.98. The summed E-state index contributed by atoms with van der Waals surface area (Å²) in [7, 11) is 0. The van der Waals surface area contributed by atoms with E-state index in [1.807, 2.05) is 18.2 Å². The van der Waals surface area contributed by atoms with E-state index in [-0.39, 0.29) is 11.4 Å². The number of hydrogen-bond donors (Lipinski definition) is 2. The van der Waals surface area contributed by atoms with E-state index in [9.17, 15) is 14.7 Å². The maximum atomic E-state index is 12.8. The molecule has 0 radical (unpaired) electrons. The number of hydrogen-bond acceptors (Lipinski definition) is 5. The van der Waals surface area contributed by atoms with Gasteiger partial charge in [-0.1, -0.05) is 30.3 Å². The van der Waals surface area contributed by atoms with E-state index in [0.29, 0.717) is 27.8 Å². The van der Waals surface area contributed by atoms with Crippen LogP contribution in [0.4, 0.5) is 0 Å². The molecule has 4 aromatic rings. The molecule has 0 aliphatic carbocycles. The predicted molar refractivity (Wildman–Crippen MR) is 106 cm³/mol. The molecule has 0 saturated carbocycles. The third-order valence-corrected chi connectivity index (χ3v) is 4.40. The summed E-state index contributed by atoms with van der Waals surface area (Å²) in [5.41, 5.74) is 1.38. The highest BCUT2D eigenvalue weighted by molar-refractivity contribution is 5.81. The van der Waals surface area contributed by atoms with Crippen LogP contribution in [0, 0.1) is 6.92 Å². The van der Waals surface area contributed by atoms with Crippen LogP contribution in [0.5, 0.6) is 0 Å². The molecular formula is C20H17N5O3. The van der Waals surface area contributed by atoms with Crippen molar-refractivity contribution < 1.29 is 5.11 Å². The van der Waals surface area contributed by atoms with Crippen molar-refractivity contribution in [3.8, 4) is 5.69 Å². The van der Waals surface area contributed by atoms with E-state index in [0.717, 1.165) is 4.68 Å². The van der Waals surface area contributed by atoms with E-state index in [4.69, 9.17) is 0 Å². The molecule has 0 aliphatic heterocycles. The number of nitrogens with one attached hydrogen (secondary N) is 1. The van der Waals surface area contributed by atoms with Gasteiger partial charge >= 0.3 is 0 Å². The van der Waals surface area contributed by atoms with Crippen molar-refractivity contribution in [2.45, 2.75) is 13.5 Å². The lowest BCUT2D eigenvalue weighted by atomic mass is 10.2. The Hall–Kier alpha value is -3.78. The van der Waals surface area contributed by atoms with Gasteiger partial charge in [0, 0.05) is 5.69 Å². The molecule has 4 rings (SSSR count). The number of H-pyrrole nitrogens is 1. The van der Waals surface area contributed by atoms with Gasteiger partial charge in [0.15, 0.2) is 5.82 Å². The third-order valence-electron chi connectivity index (χ3n) is 4.40. The second-order valence-corrected chi connectivity index (χ2v) is 6.19. The Morgan fingerprint density at radius 2 is 1.79 bits per heavy atom. The molecule has 2 aromatic carbocycles. The molecule has 0 fully saturated rings. The van der Waals surface area contributed by atoms with E-state index in [2.05, 4.69) is 15.2 Å². The predicted octanol–water partition coefficient (Wildman–Crippen LogP) is 1.56. The molecule has 8 heteroatoms. The lowest BCUT2D eigenvalue weighted by molar-refractivity contribution is 0.265. The quantitative estimate of drug-likeness (QED) is 0.528. The zero-order chi connectivity index (χ0) is 19.7. The minimum atomic E-state index is -0.461. The minimum absolute atomic E-state index is 0.0940. The molecule has 2 N–H and O–H groups in total. The van der Waals surface area contributed by atoms with Gasteiger partial charge in [-0.2, -0.15) is 9.78 Å². The summed E-state index contributed by atoms with van der Waals surface area (Å²) >= 11 is 0. The Bertz CT molecular complexity index is 1300. The molecule has 0 atom stereocenters. The molecule has 0 amide bonds. The molecule has 8 nitrogen and oxygen atoms in total. The molecule has 0 bridgehead atoms. The second kappa shape index (κ2) is 7.09. The number of aliphatic hydroxyl groups is 1. The molecule has 0 unspecified atom stereocenters. The van der Waals surface area contributed by atoms with Crippen molar-refractivity contribution in [1.29, 1.82) is 0 Å². The van der Waals surface area contributed by atoms with Crippen LogP contribution in [0.2, 0.25) is 0 Å². The number of aliphatic hydroxyl groups excluding tert-OH is 1.